The fourth-order valence-electron chi connectivity index (χ4n) is 0.527. The molecule has 0 aliphatic rings. The fraction of sp³-hybridized carbons (Fsp3) is 0.625. The van der Waals surface area contributed by atoms with Gasteiger partial charge in [-0.2, -0.15) is 0 Å². The Kier molecular flexibility index (Phi) is 6.92. The van der Waals surface area contributed by atoms with Crippen LogP contribution in [0.2, 0.25) is 0 Å². The third-order valence-electron chi connectivity index (χ3n) is 0.956. The summed E-state index contributed by atoms with van der Waals surface area (Å²) in [4.78, 5) is 4.07. The molecule has 0 fully saturated rings. The topological polar surface area (TPSA) is 12.4 Å². The lowest BCUT2D eigenvalue weighted by Crippen LogP contribution is -1.71. The minimum absolute atomic E-state index is 0.903. The van der Waals surface area contributed by atoms with Crippen molar-refractivity contribution in [1.29, 1.82) is 0 Å². The Morgan fingerprint density at radius 2 is 2.00 bits per heavy atom. The van der Waals surface area contributed by atoms with Crippen LogP contribution in [-0.2, 0) is 0 Å². The van der Waals surface area contributed by atoms with Crippen molar-refractivity contribution in [3.05, 3.63) is 12.2 Å². The molecule has 0 aromatic heterocycles. The molecule has 0 amide bonds. The Morgan fingerprint density at radius 3 is 2.56 bits per heavy atom. The lowest BCUT2D eigenvalue weighted by molar-refractivity contribution is 1.13. The van der Waals surface area contributed by atoms with E-state index in [-0.39, 0.29) is 0 Å². The van der Waals surface area contributed by atoms with E-state index in [2.05, 4.69) is 24.1 Å². The number of allylic oxidation sites excluding steroid dienone is 2. The molecule has 0 unspecified atom stereocenters. The van der Waals surface area contributed by atoms with Crippen LogP contribution in [-0.4, -0.2) is 12.8 Å². The molecule has 52 valence electrons. The van der Waals surface area contributed by atoms with E-state index in [0.29, 0.717) is 0 Å². The summed E-state index contributed by atoms with van der Waals surface area (Å²) in [6, 6.07) is 0. The Hall–Kier alpha value is -0.590. The molecule has 0 saturated heterocycles. The van der Waals surface area contributed by atoms with Gasteiger partial charge >= 0.3 is 0 Å². The van der Waals surface area contributed by atoms with Crippen LogP contribution < -0.4 is 0 Å². The van der Waals surface area contributed by atoms with Crippen LogP contribution in [0.4, 0.5) is 0 Å². The molecule has 0 N–H and O–H groups in total. The third kappa shape index (κ3) is 7.41. The Balaban J connectivity index is 3.08. The van der Waals surface area contributed by atoms with Crippen LogP contribution in [0.25, 0.3) is 0 Å². The second-order valence-electron chi connectivity index (χ2n) is 1.80. The van der Waals surface area contributed by atoms with Crippen LogP contribution in [0.1, 0.15) is 26.7 Å². The molecule has 0 aromatic carbocycles. The zero-order chi connectivity index (χ0) is 6.95. The lowest BCUT2D eigenvalue weighted by atomic mass is 10.3. The minimum Gasteiger partial charge on any atom is -0.297 e. The summed E-state index contributed by atoms with van der Waals surface area (Å²) < 4.78 is 0. The molecule has 0 aromatic rings. The molecule has 1 heteroatoms. The van der Waals surface area contributed by atoms with Gasteiger partial charge in [0.1, 0.15) is 0 Å². The second-order valence-corrected chi connectivity index (χ2v) is 1.80. The number of hydrogen-bond acceptors (Lipinski definition) is 1. The molecule has 0 atom stereocenters. The largest absolute Gasteiger partial charge is 0.297 e. The van der Waals surface area contributed by atoms with Crippen molar-refractivity contribution in [3.8, 4) is 0 Å². The number of rotatable bonds is 4. The highest BCUT2D eigenvalue weighted by Crippen LogP contribution is 1.82. The molecule has 9 heavy (non-hydrogen) atoms. The van der Waals surface area contributed by atoms with E-state index < -0.39 is 0 Å². The molecule has 0 heterocycles. The quantitative estimate of drug-likeness (QED) is 0.404. The summed E-state index contributed by atoms with van der Waals surface area (Å²) in [5.41, 5.74) is 0. The first-order valence-electron chi connectivity index (χ1n) is 3.55. The van der Waals surface area contributed by atoms with Crippen molar-refractivity contribution in [2.24, 2.45) is 4.99 Å². The van der Waals surface area contributed by atoms with Crippen molar-refractivity contribution in [1.82, 2.24) is 0 Å². The van der Waals surface area contributed by atoms with E-state index in [1.807, 2.05) is 13.1 Å². The first-order valence-corrected chi connectivity index (χ1v) is 3.55. The molecule has 0 spiro atoms. The van der Waals surface area contributed by atoms with Gasteiger partial charge in [0.05, 0.1) is 0 Å². The Morgan fingerprint density at radius 1 is 1.22 bits per heavy atom. The highest BCUT2D eigenvalue weighted by atomic mass is 14.7. The maximum absolute atomic E-state index is 4.07. The van der Waals surface area contributed by atoms with Gasteiger partial charge in [-0.15, -0.1) is 0 Å². The van der Waals surface area contributed by atoms with Crippen LogP contribution >= 0.6 is 0 Å². The van der Waals surface area contributed by atoms with Crippen LogP contribution in [0, 0.1) is 0 Å². The summed E-state index contributed by atoms with van der Waals surface area (Å²) in [6.07, 6.45) is 8.36. The summed E-state index contributed by atoms with van der Waals surface area (Å²) in [5.74, 6) is 0. The maximum atomic E-state index is 4.07. The minimum atomic E-state index is 0.903. The van der Waals surface area contributed by atoms with E-state index in [4.69, 9.17) is 0 Å². The predicted octanol–water partition coefficient (Wildman–Crippen LogP) is 2.43. The summed E-state index contributed by atoms with van der Waals surface area (Å²) in [7, 11) is 0. The highest BCUT2D eigenvalue weighted by Gasteiger charge is 1.68. The number of hydrogen-bond donors (Lipinski definition) is 0. The average Bonchev–Trinajstić information content (AvgIpc) is 1.89. The van der Waals surface area contributed by atoms with E-state index >= 15 is 0 Å². The van der Waals surface area contributed by atoms with Gasteiger partial charge in [0, 0.05) is 19.2 Å². The molecule has 0 bridgehead atoms. The maximum Gasteiger partial charge on any atom is 0.0357 e. The van der Waals surface area contributed by atoms with Crippen molar-refractivity contribution < 1.29 is 0 Å². The van der Waals surface area contributed by atoms with Gasteiger partial charge in [-0.05, 0) is 13.3 Å². The SMILES string of the molecule is CC/C=C\CC=NCC. The van der Waals surface area contributed by atoms with Gasteiger partial charge in [0.25, 0.3) is 0 Å². The van der Waals surface area contributed by atoms with Crippen molar-refractivity contribution >= 4 is 6.21 Å². The second kappa shape index (κ2) is 7.41. The fourth-order valence-corrected chi connectivity index (χ4v) is 0.527. The summed E-state index contributed by atoms with van der Waals surface area (Å²) in [5, 5.41) is 0. The number of nitrogens with zero attached hydrogens (tertiary/aromatic N) is 1. The molecule has 0 radical (unpaired) electrons. The number of aliphatic imine (C=N–C) groups is 1. The van der Waals surface area contributed by atoms with Crippen LogP contribution in [0.3, 0.4) is 0 Å². The highest BCUT2D eigenvalue weighted by molar-refractivity contribution is 5.59. The Bertz CT molecular complexity index is 80.7. The van der Waals surface area contributed by atoms with E-state index in [9.17, 15) is 0 Å². The zero-order valence-corrected chi connectivity index (χ0v) is 6.30. The molecule has 0 saturated carbocycles. The molecule has 0 aliphatic carbocycles. The third-order valence-corrected chi connectivity index (χ3v) is 0.956. The zero-order valence-electron chi connectivity index (χ0n) is 6.30. The van der Waals surface area contributed by atoms with E-state index in [0.717, 1.165) is 19.4 Å². The predicted molar refractivity (Wildman–Crippen MR) is 43.1 cm³/mol. The van der Waals surface area contributed by atoms with Crippen molar-refractivity contribution in [2.45, 2.75) is 26.7 Å². The monoisotopic (exact) mass is 125 g/mol. The van der Waals surface area contributed by atoms with Crippen LogP contribution in [0.5, 0.6) is 0 Å². The van der Waals surface area contributed by atoms with Crippen molar-refractivity contribution in [2.75, 3.05) is 6.54 Å². The van der Waals surface area contributed by atoms with Gasteiger partial charge in [-0.25, -0.2) is 0 Å². The van der Waals surface area contributed by atoms with Crippen LogP contribution in [0.15, 0.2) is 17.1 Å². The summed E-state index contributed by atoms with van der Waals surface area (Å²) in [6.45, 7) is 5.08. The molecule has 0 rings (SSSR count). The normalized spacial score (nSPS) is 11.8. The van der Waals surface area contributed by atoms with Crippen molar-refractivity contribution in [3.63, 3.8) is 0 Å². The van der Waals surface area contributed by atoms with Gasteiger partial charge in [0.2, 0.25) is 0 Å². The smallest absolute Gasteiger partial charge is 0.0357 e. The lowest BCUT2D eigenvalue weighted by Gasteiger charge is -1.80. The molecular weight excluding hydrogens is 110 g/mol. The van der Waals surface area contributed by atoms with Gasteiger partial charge in [-0.3, -0.25) is 4.99 Å². The molecule has 0 aliphatic heterocycles. The molecular formula is C8H15N. The average molecular weight is 125 g/mol. The van der Waals surface area contributed by atoms with Gasteiger partial charge < -0.3 is 0 Å². The molecule has 1 nitrogen and oxygen atoms in total. The Labute approximate surface area is 57.5 Å². The summed E-state index contributed by atoms with van der Waals surface area (Å²) >= 11 is 0. The van der Waals surface area contributed by atoms with Gasteiger partial charge in [-0.1, -0.05) is 19.1 Å². The first kappa shape index (κ1) is 8.41. The van der Waals surface area contributed by atoms with E-state index in [1.54, 1.807) is 0 Å². The van der Waals surface area contributed by atoms with E-state index in [1.165, 1.54) is 0 Å². The first-order chi connectivity index (χ1) is 4.41. The standard InChI is InChI=1S/C8H15N/c1-3-5-6-7-8-9-4-2/h5-6,8H,3-4,7H2,1-2H3/b6-5-,9-8?. The van der Waals surface area contributed by atoms with Gasteiger partial charge in [0.15, 0.2) is 0 Å².